The minimum atomic E-state index is -0.618. The molecule has 2 heterocycles. The van der Waals surface area contributed by atoms with E-state index in [0.717, 1.165) is 12.1 Å². The number of carbonyl (C=O) groups excluding carboxylic acids is 2. The zero-order valence-electron chi connectivity index (χ0n) is 16.8. The van der Waals surface area contributed by atoms with E-state index < -0.39 is 11.8 Å². The summed E-state index contributed by atoms with van der Waals surface area (Å²) < 4.78 is 5.52. The van der Waals surface area contributed by atoms with E-state index in [9.17, 15) is 9.59 Å². The van der Waals surface area contributed by atoms with E-state index in [2.05, 4.69) is 4.99 Å². The minimum absolute atomic E-state index is 0.0607. The van der Waals surface area contributed by atoms with E-state index in [0.29, 0.717) is 29.2 Å². The number of hydrogen-bond acceptors (Lipinski definition) is 6. The minimum Gasteiger partial charge on any atom is -0.463 e. The first-order valence-corrected chi connectivity index (χ1v) is 9.55. The molecule has 0 radical (unpaired) electrons. The molecular formula is C22H24N4O3. The Kier molecular flexibility index (Phi) is 4.84. The molecule has 4 rings (SSSR count). The third-order valence-corrected chi connectivity index (χ3v) is 5.53. The molecular weight excluding hydrogens is 368 g/mol. The Morgan fingerprint density at radius 3 is 2.55 bits per heavy atom. The van der Waals surface area contributed by atoms with Crippen LogP contribution in [0.5, 0.6) is 0 Å². The number of nitrogens with two attached hydrogens (primary N) is 1. The van der Waals surface area contributed by atoms with Crippen LogP contribution in [-0.2, 0) is 4.79 Å². The molecule has 0 spiro atoms. The van der Waals surface area contributed by atoms with Gasteiger partial charge >= 0.3 is 0 Å². The second-order valence-electron chi connectivity index (χ2n) is 7.71. The molecule has 0 saturated carbocycles. The standard InChI is InChI=1S/C22H24N4O3/c1-25(2)10-11-26(3)22(28)18-16-13-7-4-5-8-14(13)20(27)17(16)19(24-21(18)23)15-9-6-12-29-15/h4-9,12,16-17H,10-11,23H2,1-3H3. The average Bonchev–Trinajstić information content (AvgIpc) is 3.33. The number of nitrogens with zero attached hydrogens (tertiary/aromatic N) is 3. The molecule has 1 aliphatic heterocycles. The normalized spacial score (nSPS) is 20.6. The zero-order chi connectivity index (χ0) is 20.7. The molecule has 2 unspecified atom stereocenters. The van der Waals surface area contributed by atoms with Gasteiger partial charge in [0.2, 0.25) is 0 Å². The molecule has 0 bridgehead atoms. The lowest BCUT2D eigenvalue weighted by molar-refractivity contribution is -0.126. The van der Waals surface area contributed by atoms with Crippen molar-refractivity contribution in [3.8, 4) is 0 Å². The fourth-order valence-electron chi connectivity index (χ4n) is 4.05. The highest BCUT2D eigenvalue weighted by Gasteiger charge is 2.50. The van der Waals surface area contributed by atoms with Gasteiger partial charge in [-0.3, -0.25) is 9.59 Å². The molecule has 150 valence electrons. The number of furan rings is 1. The van der Waals surface area contributed by atoms with Gasteiger partial charge < -0.3 is 20.0 Å². The number of Topliss-reactive ketones (excluding diaryl/α,β-unsaturated/α-hetero) is 1. The van der Waals surface area contributed by atoms with Crippen molar-refractivity contribution in [2.75, 3.05) is 34.2 Å². The van der Waals surface area contributed by atoms with Crippen LogP contribution in [0, 0.1) is 5.92 Å². The molecule has 2 aromatic rings. The molecule has 1 aromatic carbocycles. The Balaban J connectivity index is 1.82. The van der Waals surface area contributed by atoms with Gasteiger partial charge in [-0.1, -0.05) is 24.3 Å². The molecule has 7 nitrogen and oxygen atoms in total. The van der Waals surface area contributed by atoms with Crippen LogP contribution in [-0.4, -0.2) is 61.4 Å². The average molecular weight is 392 g/mol. The predicted octanol–water partition coefficient (Wildman–Crippen LogP) is 1.87. The van der Waals surface area contributed by atoms with Crippen LogP contribution < -0.4 is 5.73 Å². The van der Waals surface area contributed by atoms with Gasteiger partial charge in [-0.15, -0.1) is 0 Å². The maximum absolute atomic E-state index is 13.3. The van der Waals surface area contributed by atoms with Crippen LogP contribution in [0.2, 0.25) is 0 Å². The highest BCUT2D eigenvalue weighted by atomic mass is 16.3. The molecule has 29 heavy (non-hydrogen) atoms. The Hall–Kier alpha value is -3.19. The fourth-order valence-corrected chi connectivity index (χ4v) is 4.05. The van der Waals surface area contributed by atoms with Gasteiger partial charge in [-0.25, -0.2) is 4.99 Å². The first kappa shape index (κ1) is 19.1. The predicted molar refractivity (Wildman–Crippen MR) is 110 cm³/mol. The van der Waals surface area contributed by atoms with Crippen LogP contribution in [0.1, 0.15) is 27.6 Å². The van der Waals surface area contributed by atoms with Gasteiger partial charge in [-0.2, -0.15) is 0 Å². The SMILES string of the molecule is CN(C)CCN(C)C(=O)C1=C(N)N=C(c2ccco2)C2C(=O)c3ccccc3C12. The number of aliphatic imine (C=N–C) groups is 1. The number of likely N-dealkylation sites (N-methyl/N-ethyl adjacent to an activating group) is 2. The zero-order valence-corrected chi connectivity index (χ0v) is 16.8. The van der Waals surface area contributed by atoms with Crippen molar-refractivity contribution in [1.82, 2.24) is 9.80 Å². The summed E-state index contributed by atoms with van der Waals surface area (Å²) in [6.07, 6.45) is 1.54. The number of fused-ring (bicyclic) bond motifs is 3. The first-order valence-electron chi connectivity index (χ1n) is 9.55. The first-order chi connectivity index (χ1) is 13.9. The summed E-state index contributed by atoms with van der Waals surface area (Å²) in [5, 5.41) is 0. The number of carbonyl (C=O) groups is 2. The van der Waals surface area contributed by atoms with Crippen LogP contribution in [0.3, 0.4) is 0 Å². The Bertz CT molecular complexity index is 1020. The van der Waals surface area contributed by atoms with Crippen molar-refractivity contribution in [3.63, 3.8) is 0 Å². The number of ketones is 1. The summed E-state index contributed by atoms with van der Waals surface area (Å²) in [6, 6.07) is 10.9. The van der Waals surface area contributed by atoms with Gasteiger partial charge in [0.1, 0.15) is 11.6 Å². The second-order valence-corrected chi connectivity index (χ2v) is 7.71. The Labute approximate surface area is 169 Å². The third kappa shape index (κ3) is 3.17. The lowest BCUT2D eigenvalue weighted by Gasteiger charge is -2.30. The number of hydrogen-bond donors (Lipinski definition) is 1. The molecule has 2 atom stereocenters. The molecule has 2 N–H and O–H groups in total. The van der Waals surface area contributed by atoms with E-state index in [4.69, 9.17) is 10.2 Å². The van der Waals surface area contributed by atoms with Gasteiger partial charge in [0.25, 0.3) is 5.91 Å². The maximum Gasteiger partial charge on any atom is 0.253 e. The van der Waals surface area contributed by atoms with Crippen molar-refractivity contribution in [2.24, 2.45) is 16.6 Å². The summed E-state index contributed by atoms with van der Waals surface area (Å²) in [7, 11) is 5.65. The summed E-state index contributed by atoms with van der Waals surface area (Å²) >= 11 is 0. The number of rotatable bonds is 5. The Morgan fingerprint density at radius 1 is 1.10 bits per heavy atom. The second kappa shape index (κ2) is 7.33. The molecule has 0 saturated heterocycles. The van der Waals surface area contributed by atoms with Crippen molar-refractivity contribution in [3.05, 3.63) is 70.9 Å². The molecule has 1 aliphatic carbocycles. The lowest BCUT2D eigenvalue weighted by Crippen LogP contribution is -2.40. The van der Waals surface area contributed by atoms with Crippen LogP contribution in [0.25, 0.3) is 0 Å². The van der Waals surface area contributed by atoms with Gasteiger partial charge in [0.05, 0.1) is 23.5 Å². The van der Waals surface area contributed by atoms with Crippen LogP contribution in [0.15, 0.2) is 63.5 Å². The Morgan fingerprint density at radius 2 is 1.86 bits per heavy atom. The summed E-state index contributed by atoms with van der Waals surface area (Å²) in [6.45, 7) is 1.27. The monoisotopic (exact) mass is 392 g/mol. The summed E-state index contributed by atoms with van der Waals surface area (Å²) in [5.41, 5.74) is 8.59. The van der Waals surface area contributed by atoms with E-state index >= 15 is 0 Å². The number of benzene rings is 1. The van der Waals surface area contributed by atoms with E-state index in [-0.39, 0.29) is 17.5 Å². The maximum atomic E-state index is 13.3. The largest absolute Gasteiger partial charge is 0.463 e. The van der Waals surface area contributed by atoms with Gasteiger partial charge in [0.15, 0.2) is 5.78 Å². The molecule has 0 fully saturated rings. The van der Waals surface area contributed by atoms with Crippen molar-refractivity contribution < 1.29 is 14.0 Å². The number of amides is 1. The molecule has 1 aromatic heterocycles. The molecule has 1 amide bonds. The van der Waals surface area contributed by atoms with E-state index in [1.807, 2.05) is 37.2 Å². The van der Waals surface area contributed by atoms with Crippen molar-refractivity contribution >= 4 is 17.4 Å². The van der Waals surface area contributed by atoms with Crippen LogP contribution >= 0.6 is 0 Å². The fraction of sp³-hybridized carbons (Fsp3) is 0.318. The highest BCUT2D eigenvalue weighted by Crippen LogP contribution is 2.47. The molecule has 2 aliphatic rings. The van der Waals surface area contributed by atoms with Crippen molar-refractivity contribution in [2.45, 2.75) is 5.92 Å². The van der Waals surface area contributed by atoms with Gasteiger partial charge in [-0.05, 0) is 31.8 Å². The quantitative estimate of drug-likeness (QED) is 0.839. The lowest BCUT2D eigenvalue weighted by atomic mass is 9.79. The van der Waals surface area contributed by atoms with E-state index in [1.54, 1.807) is 30.1 Å². The van der Waals surface area contributed by atoms with E-state index in [1.165, 1.54) is 6.26 Å². The van der Waals surface area contributed by atoms with Crippen molar-refractivity contribution in [1.29, 1.82) is 0 Å². The summed E-state index contributed by atoms with van der Waals surface area (Å²) in [4.78, 5) is 34.7. The highest BCUT2D eigenvalue weighted by molar-refractivity contribution is 6.23. The summed E-state index contributed by atoms with van der Waals surface area (Å²) in [5.74, 6) is -0.710. The smallest absolute Gasteiger partial charge is 0.253 e. The topological polar surface area (TPSA) is 92.1 Å². The van der Waals surface area contributed by atoms with Crippen LogP contribution in [0.4, 0.5) is 0 Å². The molecule has 7 heteroatoms. The third-order valence-electron chi connectivity index (χ3n) is 5.53. The van der Waals surface area contributed by atoms with Gasteiger partial charge in [0, 0.05) is 31.6 Å².